The van der Waals surface area contributed by atoms with Gasteiger partial charge in [0.1, 0.15) is 0 Å². The van der Waals surface area contributed by atoms with Crippen LogP contribution in [0.15, 0.2) is 22.7 Å². The molecule has 0 bridgehead atoms. The van der Waals surface area contributed by atoms with E-state index in [9.17, 15) is 0 Å². The van der Waals surface area contributed by atoms with Crippen molar-refractivity contribution in [1.82, 2.24) is 4.90 Å². The van der Waals surface area contributed by atoms with Crippen LogP contribution in [0.2, 0.25) is 0 Å². The monoisotopic (exact) mass is 284 g/mol. The van der Waals surface area contributed by atoms with Gasteiger partial charge in [0, 0.05) is 30.7 Å². The second kappa shape index (κ2) is 5.17. The van der Waals surface area contributed by atoms with Crippen LogP contribution in [-0.2, 0) is 6.61 Å². The molecule has 4 heteroatoms. The van der Waals surface area contributed by atoms with Crippen LogP contribution in [0.1, 0.15) is 5.56 Å². The SMILES string of the molecule is CN1CCN(c2ccc(CO)cc2Br)CC1. The summed E-state index contributed by atoms with van der Waals surface area (Å²) in [4.78, 5) is 4.72. The van der Waals surface area contributed by atoms with Crippen molar-refractivity contribution in [2.24, 2.45) is 0 Å². The number of anilines is 1. The zero-order valence-electron chi connectivity index (χ0n) is 9.49. The van der Waals surface area contributed by atoms with Crippen molar-refractivity contribution in [1.29, 1.82) is 0 Å². The van der Waals surface area contributed by atoms with Gasteiger partial charge in [-0.1, -0.05) is 6.07 Å². The molecule has 0 unspecified atom stereocenters. The third kappa shape index (κ3) is 2.56. The molecule has 0 spiro atoms. The largest absolute Gasteiger partial charge is 0.392 e. The number of benzene rings is 1. The molecule has 0 amide bonds. The zero-order chi connectivity index (χ0) is 11.5. The predicted octanol–water partition coefficient (Wildman–Crippen LogP) is 1.69. The van der Waals surface area contributed by atoms with Crippen LogP contribution in [0.5, 0.6) is 0 Å². The minimum absolute atomic E-state index is 0.0988. The van der Waals surface area contributed by atoms with Crippen LogP contribution < -0.4 is 4.90 Å². The van der Waals surface area contributed by atoms with Crippen molar-refractivity contribution in [3.8, 4) is 0 Å². The van der Waals surface area contributed by atoms with Crippen molar-refractivity contribution < 1.29 is 5.11 Å². The Balaban J connectivity index is 2.14. The first-order valence-electron chi connectivity index (χ1n) is 5.53. The smallest absolute Gasteiger partial charge is 0.0682 e. The van der Waals surface area contributed by atoms with Crippen LogP contribution in [0, 0.1) is 0 Å². The fourth-order valence-electron chi connectivity index (χ4n) is 1.95. The summed E-state index contributed by atoms with van der Waals surface area (Å²) in [6.45, 7) is 4.44. The van der Waals surface area contributed by atoms with E-state index in [0.717, 1.165) is 36.2 Å². The number of rotatable bonds is 2. The summed E-state index contributed by atoms with van der Waals surface area (Å²) in [6.07, 6.45) is 0. The minimum atomic E-state index is 0.0988. The van der Waals surface area contributed by atoms with Gasteiger partial charge < -0.3 is 14.9 Å². The van der Waals surface area contributed by atoms with E-state index in [0.29, 0.717) is 0 Å². The Kier molecular flexibility index (Phi) is 3.84. The van der Waals surface area contributed by atoms with Crippen molar-refractivity contribution in [2.75, 3.05) is 38.1 Å². The number of nitrogens with zero attached hydrogens (tertiary/aromatic N) is 2. The van der Waals surface area contributed by atoms with E-state index in [1.807, 2.05) is 12.1 Å². The molecule has 2 rings (SSSR count). The molecule has 1 aromatic carbocycles. The average molecular weight is 285 g/mol. The maximum Gasteiger partial charge on any atom is 0.0682 e. The van der Waals surface area contributed by atoms with Crippen LogP contribution in [0.4, 0.5) is 5.69 Å². The van der Waals surface area contributed by atoms with Crippen LogP contribution in [0.25, 0.3) is 0 Å². The minimum Gasteiger partial charge on any atom is -0.392 e. The number of aliphatic hydroxyl groups excluding tert-OH is 1. The highest BCUT2D eigenvalue weighted by Gasteiger charge is 2.16. The third-order valence-corrected chi connectivity index (χ3v) is 3.67. The molecule has 1 heterocycles. The molecule has 16 heavy (non-hydrogen) atoms. The molecule has 0 saturated carbocycles. The van der Waals surface area contributed by atoms with E-state index in [2.05, 4.69) is 38.8 Å². The Morgan fingerprint density at radius 1 is 1.25 bits per heavy atom. The van der Waals surface area contributed by atoms with Gasteiger partial charge in [0.2, 0.25) is 0 Å². The van der Waals surface area contributed by atoms with Gasteiger partial charge in [0.15, 0.2) is 0 Å². The van der Waals surface area contributed by atoms with Gasteiger partial charge in [-0.25, -0.2) is 0 Å². The van der Waals surface area contributed by atoms with E-state index in [1.165, 1.54) is 5.69 Å². The zero-order valence-corrected chi connectivity index (χ0v) is 11.1. The summed E-state index contributed by atoms with van der Waals surface area (Å²) in [6, 6.07) is 6.06. The number of aliphatic hydroxyl groups is 1. The normalized spacial score (nSPS) is 17.8. The Hall–Kier alpha value is -0.580. The molecule has 3 nitrogen and oxygen atoms in total. The Morgan fingerprint density at radius 2 is 1.94 bits per heavy atom. The van der Waals surface area contributed by atoms with E-state index in [4.69, 9.17) is 5.11 Å². The second-order valence-electron chi connectivity index (χ2n) is 4.23. The molecule has 1 fully saturated rings. The van der Waals surface area contributed by atoms with Gasteiger partial charge in [-0.3, -0.25) is 0 Å². The van der Waals surface area contributed by atoms with Gasteiger partial charge in [-0.2, -0.15) is 0 Å². The summed E-state index contributed by atoms with van der Waals surface area (Å²) in [7, 11) is 2.15. The predicted molar refractivity (Wildman–Crippen MR) is 69.8 cm³/mol. The Bertz CT molecular complexity index is 362. The highest BCUT2D eigenvalue weighted by molar-refractivity contribution is 9.10. The Morgan fingerprint density at radius 3 is 2.50 bits per heavy atom. The molecule has 0 radical (unpaired) electrons. The maximum atomic E-state index is 9.06. The van der Waals surface area contributed by atoms with Crippen molar-refractivity contribution in [2.45, 2.75) is 6.61 Å². The van der Waals surface area contributed by atoms with E-state index < -0.39 is 0 Å². The fraction of sp³-hybridized carbons (Fsp3) is 0.500. The molecule has 0 aromatic heterocycles. The van der Waals surface area contributed by atoms with Gasteiger partial charge >= 0.3 is 0 Å². The number of hydrogen-bond acceptors (Lipinski definition) is 3. The van der Waals surface area contributed by atoms with E-state index in [-0.39, 0.29) is 6.61 Å². The molecule has 1 aliphatic heterocycles. The quantitative estimate of drug-likeness (QED) is 0.896. The average Bonchev–Trinajstić information content (AvgIpc) is 2.30. The lowest BCUT2D eigenvalue weighted by Crippen LogP contribution is -2.44. The molecule has 1 aromatic rings. The van der Waals surface area contributed by atoms with Crippen LogP contribution in [-0.4, -0.2) is 43.2 Å². The van der Waals surface area contributed by atoms with Crippen LogP contribution in [0.3, 0.4) is 0 Å². The number of likely N-dealkylation sites (N-methyl/N-ethyl adjacent to an activating group) is 1. The first kappa shape index (κ1) is 11.9. The maximum absolute atomic E-state index is 9.06. The van der Waals surface area contributed by atoms with Crippen LogP contribution >= 0.6 is 15.9 Å². The molecule has 88 valence electrons. The van der Waals surface area contributed by atoms with Crippen molar-refractivity contribution in [3.05, 3.63) is 28.2 Å². The lowest BCUT2D eigenvalue weighted by atomic mass is 10.2. The molecular weight excluding hydrogens is 268 g/mol. The summed E-state index contributed by atoms with van der Waals surface area (Å²) >= 11 is 3.57. The standard InChI is InChI=1S/C12H17BrN2O/c1-14-4-6-15(7-5-14)12-3-2-10(9-16)8-11(12)13/h2-3,8,16H,4-7,9H2,1H3. The third-order valence-electron chi connectivity index (χ3n) is 3.04. The fourth-order valence-corrected chi connectivity index (χ4v) is 2.63. The van der Waals surface area contributed by atoms with Gasteiger partial charge in [-0.15, -0.1) is 0 Å². The van der Waals surface area contributed by atoms with E-state index in [1.54, 1.807) is 0 Å². The van der Waals surface area contributed by atoms with Gasteiger partial charge in [0.05, 0.1) is 12.3 Å². The van der Waals surface area contributed by atoms with Gasteiger partial charge in [0.25, 0.3) is 0 Å². The highest BCUT2D eigenvalue weighted by atomic mass is 79.9. The number of hydrogen-bond donors (Lipinski definition) is 1. The first-order chi connectivity index (χ1) is 7.70. The summed E-state index contributed by atoms with van der Waals surface area (Å²) in [5, 5.41) is 9.06. The van der Waals surface area contributed by atoms with Crippen molar-refractivity contribution in [3.63, 3.8) is 0 Å². The summed E-state index contributed by atoms with van der Waals surface area (Å²) in [5.74, 6) is 0. The number of piperazine rings is 1. The molecule has 1 saturated heterocycles. The van der Waals surface area contributed by atoms with E-state index >= 15 is 0 Å². The topological polar surface area (TPSA) is 26.7 Å². The van der Waals surface area contributed by atoms with Gasteiger partial charge in [-0.05, 0) is 40.7 Å². The highest BCUT2D eigenvalue weighted by Crippen LogP contribution is 2.28. The summed E-state index contributed by atoms with van der Waals surface area (Å²) in [5.41, 5.74) is 2.18. The first-order valence-corrected chi connectivity index (χ1v) is 6.33. The second-order valence-corrected chi connectivity index (χ2v) is 5.09. The number of halogens is 1. The molecule has 1 aliphatic rings. The molecule has 0 atom stereocenters. The van der Waals surface area contributed by atoms with Crippen molar-refractivity contribution >= 4 is 21.6 Å². The summed E-state index contributed by atoms with van der Waals surface area (Å²) < 4.78 is 1.07. The molecule has 0 aliphatic carbocycles. The molecular formula is C12H17BrN2O. The molecule has 1 N–H and O–H groups in total. The lowest BCUT2D eigenvalue weighted by molar-refractivity contribution is 0.281. The Labute approximate surface area is 105 Å². The lowest BCUT2D eigenvalue weighted by Gasteiger charge is -2.34.